The molecular formula is C31H29FN2O7S. The molecule has 1 saturated heterocycles. The lowest BCUT2D eigenvalue weighted by atomic mass is 9.93. The number of halogens is 1. The molecule has 1 aliphatic rings. The average molecular weight is 593 g/mol. The Labute approximate surface area is 245 Å². The highest BCUT2D eigenvalue weighted by molar-refractivity contribution is 8.18. The Bertz CT molecular complexity index is 1550. The van der Waals surface area contributed by atoms with E-state index in [9.17, 15) is 29.0 Å². The van der Waals surface area contributed by atoms with Crippen LogP contribution in [0.5, 0.6) is 11.5 Å². The van der Waals surface area contributed by atoms with Gasteiger partial charge in [0.15, 0.2) is 5.17 Å². The number of aromatic hydroxyl groups is 1. The minimum atomic E-state index is -0.955. The van der Waals surface area contributed by atoms with Crippen molar-refractivity contribution < 1.29 is 38.8 Å². The highest BCUT2D eigenvalue weighted by Crippen LogP contribution is 2.36. The van der Waals surface area contributed by atoms with Crippen molar-refractivity contribution in [2.24, 2.45) is 4.99 Å². The standard InChI is InChI=1S/C31H29FN2O7S/c1-41-26-14-10-21(32)17-24(26)19-9-13-25(35)20(15-19)16-27-29(38)34-31(42-27)33-22-11-7-18(8-12-22)23(30(39)40)5-3-2-4-6-28(36)37/h7-17,23,35H,2-6H2,1H3,(H,36,37)(H,39,40)(H,33,34,38)/b27-16-. The SMILES string of the molecule is COc1ccc(F)cc1-c1ccc(O)c(/C=C2\SC(=Nc3ccc(C(CCCCCC(=O)O)C(=O)O)cc3)NC2=O)c1. The zero-order valence-electron chi connectivity index (χ0n) is 22.7. The second kappa shape index (κ2) is 13.8. The summed E-state index contributed by atoms with van der Waals surface area (Å²) in [4.78, 5) is 39.9. The van der Waals surface area contributed by atoms with Gasteiger partial charge in [-0.15, -0.1) is 0 Å². The number of carbonyl (C=O) groups is 3. The third kappa shape index (κ3) is 7.76. The molecule has 0 aliphatic carbocycles. The summed E-state index contributed by atoms with van der Waals surface area (Å²) >= 11 is 1.08. The van der Waals surface area contributed by atoms with E-state index in [4.69, 9.17) is 9.84 Å². The van der Waals surface area contributed by atoms with E-state index in [1.165, 1.54) is 37.5 Å². The van der Waals surface area contributed by atoms with Crippen LogP contribution < -0.4 is 10.1 Å². The molecule has 11 heteroatoms. The Morgan fingerprint density at radius 2 is 1.81 bits per heavy atom. The Morgan fingerprint density at radius 3 is 2.50 bits per heavy atom. The summed E-state index contributed by atoms with van der Waals surface area (Å²) in [5, 5.41) is 31.8. The topological polar surface area (TPSA) is 146 Å². The van der Waals surface area contributed by atoms with Gasteiger partial charge < -0.3 is 25.4 Å². The molecule has 1 atom stereocenters. The van der Waals surface area contributed by atoms with Crippen LogP contribution in [0.25, 0.3) is 17.2 Å². The van der Waals surface area contributed by atoms with Crippen molar-refractivity contribution in [1.29, 1.82) is 0 Å². The number of ether oxygens (including phenoxy) is 1. The number of methoxy groups -OCH3 is 1. The maximum Gasteiger partial charge on any atom is 0.310 e. The van der Waals surface area contributed by atoms with Gasteiger partial charge in [0, 0.05) is 17.5 Å². The van der Waals surface area contributed by atoms with Gasteiger partial charge in [0.25, 0.3) is 5.91 Å². The average Bonchev–Trinajstić information content (AvgIpc) is 3.30. The van der Waals surface area contributed by atoms with Crippen molar-refractivity contribution in [1.82, 2.24) is 5.32 Å². The van der Waals surface area contributed by atoms with E-state index in [-0.39, 0.29) is 17.1 Å². The number of phenolic OH excluding ortho intramolecular Hbond substituents is 1. The number of amidine groups is 1. The number of carboxylic acids is 2. The highest BCUT2D eigenvalue weighted by atomic mass is 32.2. The van der Waals surface area contributed by atoms with Crippen LogP contribution in [0.4, 0.5) is 10.1 Å². The number of carboxylic acid groups (broad SMARTS) is 2. The summed E-state index contributed by atoms with van der Waals surface area (Å²) in [6, 6.07) is 15.5. The molecule has 1 heterocycles. The number of aliphatic imine (C=N–C) groups is 1. The van der Waals surface area contributed by atoms with E-state index in [0.717, 1.165) is 11.8 Å². The fourth-order valence-corrected chi connectivity index (χ4v) is 5.33. The molecule has 1 aliphatic heterocycles. The first-order valence-electron chi connectivity index (χ1n) is 13.2. The van der Waals surface area contributed by atoms with Gasteiger partial charge in [0.1, 0.15) is 17.3 Å². The summed E-state index contributed by atoms with van der Waals surface area (Å²) in [5.41, 5.74) is 2.56. The number of unbranched alkanes of at least 4 members (excludes halogenated alkanes) is 2. The molecule has 0 bridgehead atoms. The molecule has 4 N–H and O–H groups in total. The van der Waals surface area contributed by atoms with Crippen LogP contribution in [0, 0.1) is 5.82 Å². The lowest BCUT2D eigenvalue weighted by Crippen LogP contribution is -2.19. The van der Waals surface area contributed by atoms with Gasteiger partial charge >= 0.3 is 11.9 Å². The summed E-state index contributed by atoms with van der Waals surface area (Å²) in [7, 11) is 1.48. The van der Waals surface area contributed by atoms with Crippen LogP contribution in [-0.4, -0.2) is 45.4 Å². The van der Waals surface area contributed by atoms with Gasteiger partial charge in [-0.25, -0.2) is 9.38 Å². The van der Waals surface area contributed by atoms with Gasteiger partial charge in [-0.2, -0.15) is 0 Å². The first-order chi connectivity index (χ1) is 20.1. The molecule has 4 rings (SSSR count). The molecule has 3 aromatic carbocycles. The number of amides is 1. The third-order valence-corrected chi connectivity index (χ3v) is 7.56. The van der Waals surface area contributed by atoms with Gasteiger partial charge in [-0.3, -0.25) is 14.4 Å². The highest BCUT2D eigenvalue weighted by Gasteiger charge is 2.25. The zero-order chi connectivity index (χ0) is 30.2. The van der Waals surface area contributed by atoms with E-state index in [2.05, 4.69) is 10.3 Å². The fraction of sp³-hybridized carbons (Fsp3) is 0.226. The first-order valence-corrected chi connectivity index (χ1v) is 14.0. The summed E-state index contributed by atoms with van der Waals surface area (Å²) in [6.45, 7) is 0. The molecule has 3 aromatic rings. The van der Waals surface area contributed by atoms with Crippen LogP contribution in [0.15, 0.2) is 70.6 Å². The molecule has 42 heavy (non-hydrogen) atoms. The molecule has 1 amide bonds. The van der Waals surface area contributed by atoms with Crippen molar-refractivity contribution in [2.45, 2.75) is 38.0 Å². The van der Waals surface area contributed by atoms with Crippen molar-refractivity contribution in [3.63, 3.8) is 0 Å². The lowest BCUT2D eigenvalue weighted by Gasteiger charge is -2.12. The monoisotopic (exact) mass is 592 g/mol. The minimum Gasteiger partial charge on any atom is -0.507 e. The zero-order valence-corrected chi connectivity index (χ0v) is 23.5. The second-order valence-electron chi connectivity index (χ2n) is 9.58. The molecule has 1 fully saturated rings. The lowest BCUT2D eigenvalue weighted by molar-refractivity contribution is -0.139. The molecular weight excluding hydrogens is 563 g/mol. The van der Waals surface area contributed by atoms with E-state index in [1.54, 1.807) is 36.4 Å². The molecule has 0 radical (unpaired) electrons. The van der Waals surface area contributed by atoms with Crippen LogP contribution in [-0.2, 0) is 14.4 Å². The number of nitrogens with zero attached hydrogens (tertiary/aromatic N) is 1. The first kappa shape index (κ1) is 30.3. The summed E-state index contributed by atoms with van der Waals surface area (Å²) in [5.74, 6) is -2.99. The fourth-order valence-electron chi connectivity index (χ4n) is 4.50. The van der Waals surface area contributed by atoms with Crippen molar-refractivity contribution in [3.8, 4) is 22.6 Å². The van der Waals surface area contributed by atoms with Crippen LogP contribution in [0.3, 0.4) is 0 Å². The molecule has 9 nitrogen and oxygen atoms in total. The maximum atomic E-state index is 13.9. The number of aliphatic carboxylic acids is 2. The second-order valence-corrected chi connectivity index (χ2v) is 10.6. The van der Waals surface area contributed by atoms with E-state index in [0.29, 0.717) is 64.5 Å². The number of hydrogen-bond acceptors (Lipinski definition) is 7. The number of benzene rings is 3. The predicted octanol–water partition coefficient (Wildman–Crippen LogP) is 6.30. The molecule has 0 saturated carbocycles. The van der Waals surface area contributed by atoms with Crippen LogP contribution in [0.2, 0.25) is 0 Å². The largest absolute Gasteiger partial charge is 0.507 e. The molecule has 0 aromatic heterocycles. The van der Waals surface area contributed by atoms with Crippen LogP contribution >= 0.6 is 11.8 Å². The number of thioether (sulfide) groups is 1. The predicted molar refractivity (Wildman–Crippen MR) is 158 cm³/mol. The Kier molecular flexibility index (Phi) is 9.98. The molecule has 218 valence electrons. The normalized spacial score (nSPS) is 15.5. The van der Waals surface area contributed by atoms with E-state index >= 15 is 0 Å². The summed E-state index contributed by atoms with van der Waals surface area (Å²) < 4.78 is 19.3. The van der Waals surface area contributed by atoms with Gasteiger partial charge in [-0.05, 0) is 84.3 Å². The third-order valence-electron chi connectivity index (χ3n) is 6.65. The maximum absolute atomic E-state index is 13.9. The minimum absolute atomic E-state index is 0.0640. The molecule has 1 unspecified atom stereocenters. The van der Waals surface area contributed by atoms with Crippen molar-refractivity contribution >= 4 is 46.5 Å². The Balaban J connectivity index is 1.47. The van der Waals surface area contributed by atoms with Crippen molar-refractivity contribution in [3.05, 3.63) is 82.5 Å². The van der Waals surface area contributed by atoms with Gasteiger partial charge in [0.05, 0.1) is 23.6 Å². The quantitative estimate of drug-likeness (QED) is 0.142. The van der Waals surface area contributed by atoms with Crippen molar-refractivity contribution in [2.75, 3.05) is 7.11 Å². The Morgan fingerprint density at radius 1 is 1.05 bits per heavy atom. The van der Waals surface area contributed by atoms with E-state index < -0.39 is 29.6 Å². The number of rotatable bonds is 12. The van der Waals surface area contributed by atoms with Crippen LogP contribution in [0.1, 0.15) is 49.1 Å². The number of hydrogen-bond donors (Lipinski definition) is 4. The number of carbonyl (C=O) groups excluding carboxylic acids is 1. The molecule has 0 spiro atoms. The Hall–Kier alpha value is -4.64. The van der Waals surface area contributed by atoms with Gasteiger partial charge in [-0.1, -0.05) is 31.0 Å². The van der Waals surface area contributed by atoms with Gasteiger partial charge in [0.2, 0.25) is 0 Å². The van der Waals surface area contributed by atoms with E-state index in [1.807, 2.05) is 0 Å². The smallest absolute Gasteiger partial charge is 0.310 e. The summed E-state index contributed by atoms with van der Waals surface area (Å²) in [6.07, 6.45) is 3.71. The number of nitrogens with one attached hydrogen (secondary N) is 1. The number of phenols is 1.